The Morgan fingerprint density at radius 2 is 2.32 bits per heavy atom. The summed E-state index contributed by atoms with van der Waals surface area (Å²) < 4.78 is 25.8. The molecular formula is C11H18F2IN5. The van der Waals surface area contributed by atoms with Gasteiger partial charge >= 0.3 is 6.55 Å². The summed E-state index contributed by atoms with van der Waals surface area (Å²) in [5.74, 6) is 1.16. The topological polar surface area (TPSA) is 68.2 Å². The Bertz CT molecular complexity index is 417. The molecule has 0 bridgehead atoms. The molecule has 0 radical (unpaired) electrons. The van der Waals surface area contributed by atoms with Gasteiger partial charge in [-0.3, -0.25) is 4.57 Å². The van der Waals surface area contributed by atoms with Gasteiger partial charge in [-0.05, 0) is 18.8 Å². The third-order valence-electron chi connectivity index (χ3n) is 3.15. The maximum atomic E-state index is 12.5. The van der Waals surface area contributed by atoms with Gasteiger partial charge in [0.2, 0.25) is 0 Å². The van der Waals surface area contributed by atoms with Gasteiger partial charge < -0.3 is 11.1 Å². The highest BCUT2D eigenvalue weighted by atomic mass is 127. The molecule has 0 aromatic carbocycles. The molecule has 1 saturated carbocycles. The fraction of sp³-hybridized carbons (Fsp3) is 0.636. The van der Waals surface area contributed by atoms with Gasteiger partial charge in [0.05, 0.1) is 0 Å². The van der Waals surface area contributed by atoms with Crippen LogP contribution in [-0.4, -0.2) is 22.1 Å². The normalized spacial score (nSPS) is 16.1. The van der Waals surface area contributed by atoms with Gasteiger partial charge in [-0.15, -0.1) is 24.0 Å². The number of aliphatic imine (C=N–C) groups is 1. The Labute approximate surface area is 127 Å². The van der Waals surface area contributed by atoms with Gasteiger partial charge in [-0.1, -0.05) is 6.42 Å². The van der Waals surface area contributed by atoms with E-state index >= 15 is 0 Å². The smallest absolute Gasteiger partial charge is 0.319 e. The minimum Gasteiger partial charge on any atom is -0.370 e. The number of rotatable bonds is 5. The van der Waals surface area contributed by atoms with Crippen LogP contribution in [0.4, 0.5) is 8.78 Å². The standard InChI is InChI=1S/C11H17F2N5.HI/c12-10(13)18-5-4-15-9(18)7-17-11(14)16-6-8-2-1-3-8;/h4-5,8,10H,1-3,6-7H2,(H3,14,16,17);1H. The molecule has 1 aliphatic carbocycles. The van der Waals surface area contributed by atoms with Gasteiger partial charge in [0, 0.05) is 18.9 Å². The number of hydrogen-bond donors (Lipinski definition) is 2. The maximum absolute atomic E-state index is 12.5. The van der Waals surface area contributed by atoms with E-state index in [-0.39, 0.29) is 42.3 Å². The number of alkyl halides is 2. The molecule has 1 aliphatic rings. The number of halogens is 3. The number of nitrogens with one attached hydrogen (secondary N) is 1. The monoisotopic (exact) mass is 385 g/mol. The maximum Gasteiger partial charge on any atom is 0.319 e. The van der Waals surface area contributed by atoms with E-state index in [0.717, 1.165) is 11.1 Å². The number of aromatic nitrogens is 2. The van der Waals surface area contributed by atoms with E-state index in [1.165, 1.54) is 31.7 Å². The van der Waals surface area contributed by atoms with Crippen LogP contribution < -0.4 is 11.1 Å². The van der Waals surface area contributed by atoms with Gasteiger partial charge in [-0.2, -0.15) is 8.78 Å². The summed E-state index contributed by atoms with van der Waals surface area (Å²) in [4.78, 5) is 7.83. The summed E-state index contributed by atoms with van der Waals surface area (Å²) in [6, 6.07) is 0. The quantitative estimate of drug-likeness (QED) is 0.464. The predicted molar refractivity (Wildman–Crippen MR) is 79.6 cm³/mol. The van der Waals surface area contributed by atoms with Crippen molar-refractivity contribution in [3.8, 4) is 0 Å². The average Bonchev–Trinajstić information content (AvgIpc) is 2.72. The molecule has 5 nitrogen and oxygen atoms in total. The number of guanidine groups is 1. The number of hydrogen-bond acceptors (Lipinski definition) is 2. The first kappa shape index (κ1) is 16.1. The molecule has 3 N–H and O–H groups in total. The Balaban J connectivity index is 0.00000180. The molecule has 0 aliphatic heterocycles. The zero-order valence-corrected chi connectivity index (χ0v) is 12.8. The van der Waals surface area contributed by atoms with Crippen molar-refractivity contribution in [2.45, 2.75) is 32.4 Å². The Kier molecular flexibility index (Phi) is 6.46. The van der Waals surface area contributed by atoms with Crippen molar-refractivity contribution in [3.63, 3.8) is 0 Å². The molecule has 108 valence electrons. The van der Waals surface area contributed by atoms with E-state index in [4.69, 9.17) is 5.73 Å². The van der Waals surface area contributed by atoms with Crippen LogP contribution in [-0.2, 0) is 6.54 Å². The second kappa shape index (κ2) is 7.61. The summed E-state index contributed by atoms with van der Waals surface area (Å²) in [6.07, 6.45) is 6.27. The van der Waals surface area contributed by atoms with Crippen LogP contribution in [0.3, 0.4) is 0 Å². The number of nitrogens with zero attached hydrogens (tertiary/aromatic N) is 3. The van der Waals surface area contributed by atoms with Crippen molar-refractivity contribution in [2.24, 2.45) is 16.6 Å². The SMILES string of the molecule is I.NC(=NCc1nccn1C(F)F)NCC1CCC1. The first-order chi connectivity index (χ1) is 8.66. The first-order valence-corrected chi connectivity index (χ1v) is 6.00. The molecule has 0 saturated heterocycles. The molecule has 19 heavy (non-hydrogen) atoms. The van der Waals surface area contributed by atoms with Crippen LogP contribution in [0, 0.1) is 5.92 Å². The van der Waals surface area contributed by atoms with Gasteiger partial charge in [0.1, 0.15) is 12.4 Å². The molecule has 1 fully saturated rings. The van der Waals surface area contributed by atoms with Crippen molar-refractivity contribution in [3.05, 3.63) is 18.2 Å². The highest BCUT2D eigenvalue weighted by Crippen LogP contribution is 2.24. The summed E-state index contributed by atoms with van der Waals surface area (Å²) in [6.45, 7) is -1.73. The lowest BCUT2D eigenvalue weighted by Crippen LogP contribution is -2.37. The minimum atomic E-state index is -2.60. The molecule has 0 atom stereocenters. The van der Waals surface area contributed by atoms with Crippen LogP contribution in [0.15, 0.2) is 17.4 Å². The molecule has 2 rings (SSSR count). The van der Waals surface area contributed by atoms with E-state index in [1.54, 1.807) is 0 Å². The summed E-state index contributed by atoms with van der Waals surface area (Å²) in [5.41, 5.74) is 5.66. The first-order valence-electron chi connectivity index (χ1n) is 6.00. The second-order valence-corrected chi connectivity index (χ2v) is 4.41. The highest BCUT2D eigenvalue weighted by molar-refractivity contribution is 14.0. The Hall–Kier alpha value is -0.930. The van der Waals surface area contributed by atoms with Crippen molar-refractivity contribution in [1.29, 1.82) is 0 Å². The van der Waals surface area contributed by atoms with Crippen LogP contribution in [0.5, 0.6) is 0 Å². The molecule has 8 heteroatoms. The third-order valence-corrected chi connectivity index (χ3v) is 3.15. The largest absolute Gasteiger partial charge is 0.370 e. The van der Waals surface area contributed by atoms with E-state index in [0.29, 0.717) is 5.92 Å². The molecule has 0 unspecified atom stereocenters. The summed E-state index contributed by atoms with van der Waals surface area (Å²) in [7, 11) is 0. The lowest BCUT2D eigenvalue weighted by molar-refractivity contribution is 0.0671. The molecular weight excluding hydrogens is 367 g/mol. The fourth-order valence-electron chi connectivity index (χ4n) is 1.80. The minimum absolute atomic E-state index is 0. The third kappa shape index (κ3) is 4.59. The number of nitrogens with two attached hydrogens (primary N) is 1. The molecule has 0 amide bonds. The average molecular weight is 385 g/mol. The summed E-state index contributed by atoms with van der Waals surface area (Å²) >= 11 is 0. The van der Waals surface area contributed by atoms with Gasteiger partial charge in [-0.25, -0.2) is 9.98 Å². The van der Waals surface area contributed by atoms with Crippen molar-refractivity contribution >= 4 is 29.9 Å². The Morgan fingerprint density at radius 3 is 2.89 bits per heavy atom. The van der Waals surface area contributed by atoms with Crippen molar-refractivity contribution in [2.75, 3.05) is 6.54 Å². The summed E-state index contributed by atoms with van der Waals surface area (Å²) in [5, 5.41) is 3.00. The van der Waals surface area contributed by atoms with E-state index < -0.39 is 6.55 Å². The molecule has 1 heterocycles. The van der Waals surface area contributed by atoms with E-state index in [1.807, 2.05) is 0 Å². The lowest BCUT2D eigenvalue weighted by atomic mass is 9.85. The van der Waals surface area contributed by atoms with Gasteiger partial charge in [0.15, 0.2) is 5.96 Å². The number of imidazole rings is 1. The van der Waals surface area contributed by atoms with E-state index in [9.17, 15) is 8.78 Å². The highest BCUT2D eigenvalue weighted by Gasteiger charge is 2.17. The van der Waals surface area contributed by atoms with Crippen molar-refractivity contribution < 1.29 is 8.78 Å². The van der Waals surface area contributed by atoms with Gasteiger partial charge in [0.25, 0.3) is 0 Å². The van der Waals surface area contributed by atoms with Crippen LogP contribution >= 0.6 is 24.0 Å². The van der Waals surface area contributed by atoms with Crippen molar-refractivity contribution in [1.82, 2.24) is 14.9 Å². The predicted octanol–water partition coefficient (Wildman–Crippen LogP) is 2.10. The molecule has 0 spiro atoms. The fourth-order valence-corrected chi connectivity index (χ4v) is 1.80. The molecule has 1 aromatic heterocycles. The van der Waals surface area contributed by atoms with Crippen LogP contribution in [0.2, 0.25) is 0 Å². The Morgan fingerprint density at radius 1 is 1.58 bits per heavy atom. The van der Waals surface area contributed by atoms with E-state index in [2.05, 4.69) is 15.3 Å². The van der Waals surface area contributed by atoms with Crippen LogP contribution in [0.1, 0.15) is 31.6 Å². The zero-order chi connectivity index (χ0) is 13.0. The lowest BCUT2D eigenvalue weighted by Gasteiger charge is -2.25. The zero-order valence-electron chi connectivity index (χ0n) is 10.4. The second-order valence-electron chi connectivity index (χ2n) is 4.41. The molecule has 1 aromatic rings. The van der Waals surface area contributed by atoms with Crippen LogP contribution in [0.25, 0.3) is 0 Å².